The van der Waals surface area contributed by atoms with Crippen LogP contribution < -0.4 is 0 Å². The third-order valence-corrected chi connectivity index (χ3v) is 8.06. The minimum Gasteiger partial charge on any atom is -0.394 e. The summed E-state index contributed by atoms with van der Waals surface area (Å²) < 4.78 is 33.6. The highest BCUT2D eigenvalue weighted by molar-refractivity contribution is 9.10. The lowest BCUT2D eigenvalue weighted by Gasteiger charge is -2.49. The van der Waals surface area contributed by atoms with Gasteiger partial charge in [0.2, 0.25) is 0 Å². The molecule has 7 atom stereocenters. The molecule has 0 radical (unpaired) electrons. The number of benzene rings is 1. The number of hydrogen-bond donors (Lipinski definition) is 2. The van der Waals surface area contributed by atoms with Crippen LogP contribution in [0.2, 0.25) is 0 Å². The summed E-state index contributed by atoms with van der Waals surface area (Å²) >= 11 is 3.56. The van der Waals surface area contributed by atoms with E-state index < -0.39 is 43.0 Å². The molecule has 2 rings (SSSR count). The Kier molecular flexibility index (Phi) is 18.1. The van der Waals surface area contributed by atoms with Crippen LogP contribution in [0.15, 0.2) is 22.7 Å². The van der Waals surface area contributed by atoms with Crippen molar-refractivity contribution in [2.75, 3.05) is 39.6 Å². The fraction of sp³-hybridized carbons (Fsp3) is 0.812. The van der Waals surface area contributed by atoms with Gasteiger partial charge in [-0.15, -0.1) is 0 Å². The first-order valence-corrected chi connectivity index (χ1v) is 16.3. The normalized spacial score (nSPS) is 24.8. The maximum atomic E-state index is 11.3. The van der Waals surface area contributed by atoms with Crippen LogP contribution in [0, 0.1) is 6.92 Å². The molecule has 1 saturated heterocycles. The SMILES string of the molecule is CCCCOCC1O[C@H]([C@@H](c2ccc(Br)cc2C)C(O)CO)[C@H](OCCCC)C(OCCCC)[C@@H]1OCCCC. The third kappa shape index (κ3) is 10.9. The number of rotatable bonds is 21. The standard InChI is InChI=1S/C32H55BrO7/c1-6-10-16-36-22-27-29(37-17-11-7-2)31(38-18-12-8-3)32(39-19-13-9-4)30(40-27)28(26(35)21-34)25-15-14-24(33)20-23(25)5/h14-15,20,26-32,34-35H,6-13,16-19,21-22H2,1-5H3/t26?,27?,28-,29+,30+,31?,32-/m0/s1. The molecule has 40 heavy (non-hydrogen) atoms. The van der Waals surface area contributed by atoms with Crippen LogP contribution in [0.4, 0.5) is 0 Å². The summed E-state index contributed by atoms with van der Waals surface area (Å²) in [6.45, 7) is 13.0. The van der Waals surface area contributed by atoms with Crippen LogP contribution >= 0.6 is 15.9 Å². The van der Waals surface area contributed by atoms with E-state index in [1.54, 1.807) is 0 Å². The van der Waals surface area contributed by atoms with E-state index in [2.05, 4.69) is 43.6 Å². The van der Waals surface area contributed by atoms with Gasteiger partial charge in [0.15, 0.2) is 0 Å². The molecule has 0 amide bonds. The molecule has 8 heteroatoms. The van der Waals surface area contributed by atoms with Crippen molar-refractivity contribution in [3.63, 3.8) is 0 Å². The molecule has 1 aliphatic rings. The first-order valence-electron chi connectivity index (χ1n) is 15.6. The fourth-order valence-electron chi connectivity index (χ4n) is 5.21. The van der Waals surface area contributed by atoms with Crippen molar-refractivity contribution in [2.24, 2.45) is 0 Å². The number of unbranched alkanes of at least 4 members (excludes halogenated alkanes) is 4. The van der Waals surface area contributed by atoms with E-state index in [4.69, 9.17) is 23.7 Å². The lowest BCUT2D eigenvalue weighted by atomic mass is 9.79. The van der Waals surface area contributed by atoms with Crippen LogP contribution in [0.25, 0.3) is 0 Å². The molecule has 232 valence electrons. The number of aliphatic hydroxyl groups excluding tert-OH is 2. The van der Waals surface area contributed by atoms with Crippen molar-refractivity contribution in [3.8, 4) is 0 Å². The maximum Gasteiger partial charge on any atom is 0.115 e. The minimum atomic E-state index is -1.04. The van der Waals surface area contributed by atoms with Crippen molar-refractivity contribution in [1.29, 1.82) is 0 Å². The topological polar surface area (TPSA) is 86.6 Å². The summed E-state index contributed by atoms with van der Waals surface area (Å²) in [6.07, 6.45) is 4.56. The molecule has 2 N–H and O–H groups in total. The number of aliphatic hydroxyl groups is 2. The van der Waals surface area contributed by atoms with Crippen molar-refractivity contribution < 1.29 is 33.9 Å². The summed E-state index contributed by atoms with van der Waals surface area (Å²) in [4.78, 5) is 0. The summed E-state index contributed by atoms with van der Waals surface area (Å²) in [5.74, 6) is -0.531. The second-order valence-corrected chi connectivity index (χ2v) is 11.8. The van der Waals surface area contributed by atoms with Crippen molar-refractivity contribution in [1.82, 2.24) is 0 Å². The first kappa shape index (κ1) is 35.6. The van der Waals surface area contributed by atoms with Crippen molar-refractivity contribution in [2.45, 2.75) is 129 Å². The molecule has 1 aromatic carbocycles. The summed E-state index contributed by atoms with van der Waals surface area (Å²) in [5, 5.41) is 21.5. The number of halogens is 1. The van der Waals surface area contributed by atoms with E-state index in [0.29, 0.717) is 33.0 Å². The van der Waals surface area contributed by atoms with Crippen LogP contribution in [-0.2, 0) is 23.7 Å². The molecule has 0 aromatic heterocycles. The Labute approximate surface area is 251 Å². The molecule has 0 spiro atoms. The van der Waals surface area contributed by atoms with Gasteiger partial charge in [0.05, 0.1) is 25.4 Å². The zero-order chi connectivity index (χ0) is 29.3. The van der Waals surface area contributed by atoms with Crippen LogP contribution in [-0.4, -0.2) is 86.5 Å². The molecule has 1 aliphatic heterocycles. The predicted octanol–water partition coefficient (Wildman–Crippen LogP) is 6.33. The average Bonchev–Trinajstić information content (AvgIpc) is 2.94. The molecule has 1 fully saturated rings. The highest BCUT2D eigenvalue weighted by Crippen LogP contribution is 2.39. The first-order chi connectivity index (χ1) is 19.4. The van der Waals surface area contributed by atoms with Crippen LogP contribution in [0.5, 0.6) is 0 Å². The Morgan fingerprint density at radius 1 is 0.825 bits per heavy atom. The fourth-order valence-corrected chi connectivity index (χ4v) is 5.69. The van der Waals surface area contributed by atoms with Gasteiger partial charge in [-0.3, -0.25) is 0 Å². The predicted molar refractivity (Wildman–Crippen MR) is 163 cm³/mol. The van der Waals surface area contributed by atoms with Gasteiger partial charge in [0.1, 0.15) is 24.4 Å². The molecule has 1 heterocycles. The summed E-state index contributed by atoms with van der Waals surface area (Å²) in [6, 6.07) is 5.99. The molecule has 0 bridgehead atoms. The Bertz CT molecular complexity index is 795. The minimum absolute atomic E-state index is 0.365. The monoisotopic (exact) mass is 630 g/mol. The van der Waals surface area contributed by atoms with Gasteiger partial charge in [-0.25, -0.2) is 0 Å². The van der Waals surface area contributed by atoms with Gasteiger partial charge < -0.3 is 33.9 Å². The van der Waals surface area contributed by atoms with Crippen molar-refractivity contribution >= 4 is 15.9 Å². The van der Waals surface area contributed by atoms with Gasteiger partial charge >= 0.3 is 0 Å². The Hall–Kier alpha value is -0.580. The van der Waals surface area contributed by atoms with Gasteiger partial charge in [0, 0.05) is 36.8 Å². The van der Waals surface area contributed by atoms with E-state index >= 15 is 0 Å². The largest absolute Gasteiger partial charge is 0.394 e. The maximum absolute atomic E-state index is 11.3. The van der Waals surface area contributed by atoms with Gasteiger partial charge in [-0.05, 0) is 55.9 Å². The van der Waals surface area contributed by atoms with E-state index in [0.717, 1.165) is 67.0 Å². The Morgan fingerprint density at radius 3 is 1.93 bits per heavy atom. The molecular weight excluding hydrogens is 576 g/mol. The number of ether oxygens (including phenoxy) is 5. The van der Waals surface area contributed by atoms with E-state index in [-0.39, 0.29) is 6.10 Å². The molecule has 0 aliphatic carbocycles. The van der Waals surface area contributed by atoms with Gasteiger partial charge in [-0.1, -0.05) is 75.4 Å². The van der Waals surface area contributed by atoms with Crippen LogP contribution in [0.1, 0.15) is 96.1 Å². The second kappa shape index (κ2) is 20.3. The summed E-state index contributed by atoms with van der Waals surface area (Å²) in [7, 11) is 0. The van der Waals surface area contributed by atoms with Gasteiger partial charge in [0.25, 0.3) is 0 Å². The smallest absolute Gasteiger partial charge is 0.115 e. The average molecular weight is 632 g/mol. The molecule has 0 saturated carbocycles. The molecule has 1 aromatic rings. The lowest BCUT2D eigenvalue weighted by Crippen LogP contribution is -2.63. The highest BCUT2D eigenvalue weighted by Gasteiger charge is 2.52. The highest BCUT2D eigenvalue weighted by atomic mass is 79.9. The second-order valence-electron chi connectivity index (χ2n) is 10.9. The molecule has 7 nitrogen and oxygen atoms in total. The Balaban J connectivity index is 2.57. The molecular formula is C32H55BrO7. The van der Waals surface area contributed by atoms with Crippen molar-refractivity contribution in [3.05, 3.63) is 33.8 Å². The third-order valence-electron chi connectivity index (χ3n) is 7.57. The zero-order valence-corrected chi connectivity index (χ0v) is 27.1. The lowest BCUT2D eigenvalue weighted by molar-refractivity contribution is -0.274. The van der Waals surface area contributed by atoms with Gasteiger partial charge in [-0.2, -0.15) is 0 Å². The van der Waals surface area contributed by atoms with E-state index in [9.17, 15) is 10.2 Å². The van der Waals surface area contributed by atoms with Crippen LogP contribution in [0.3, 0.4) is 0 Å². The van der Waals surface area contributed by atoms with E-state index in [1.807, 2.05) is 25.1 Å². The zero-order valence-electron chi connectivity index (χ0n) is 25.5. The quantitative estimate of drug-likeness (QED) is 0.153. The number of hydrogen-bond acceptors (Lipinski definition) is 7. The Morgan fingerprint density at radius 2 is 1.38 bits per heavy atom. The summed E-state index contributed by atoms with van der Waals surface area (Å²) in [5.41, 5.74) is 1.92. The number of aryl methyl sites for hydroxylation is 1. The molecule has 3 unspecified atom stereocenters. The van der Waals surface area contributed by atoms with E-state index in [1.165, 1.54) is 0 Å².